The van der Waals surface area contributed by atoms with Gasteiger partial charge in [0.1, 0.15) is 17.8 Å². The molecule has 0 radical (unpaired) electrons. The highest BCUT2D eigenvalue weighted by molar-refractivity contribution is 5.90. The van der Waals surface area contributed by atoms with Crippen molar-refractivity contribution in [3.63, 3.8) is 0 Å². The molecule has 192 valence electrons. The minimum atomic E-state index is -1.27. The van der Waals surface area contributed by atoms with Gasteiger partial charge in [-0.3, -0.25) is 4.79 Å². The average molecular weight is 489 g/mol. The fourth-order valence-corrected chi connectivity index (χ4v) is 9.53. The Morgan fingerprint density at radius 1 is 1.26 bits per heavy atom. The molecule has 0 aromatic carbocycles. The van der Waals surface area contributed by atoms with Gasteiger partial charge in [0.2, 0.25) is 0 Å². The molecule has 1 N–H and O–H groups in total. The van der Waals surface area contributed by atoms with Crippen LogP contribution in [-0.4, -0.2) is 54.7 Å². The summed E-state index contributed by atoms with van der Waals surface area (Å²) in [5.41, 5.74) is -1.98. The zero-order valence-corrected chi connectivity index (χ0v) is 20.9. The molecule has 0 aromatic heterocycles. The Kier molecular flexibility index (Phi) is 5.06. The van der Waals surface area contributed by atoms with E-state index in [1.54, 1.807) is 0 Å². The highest BCUT2D eigenvalue weighted by atomic mass is 16.8. The van der Waals surface area contributed by atoms with Gasteiger partial charge in [-0.15, -0.1) is 0 Å². The van der Waals surface area contributed by atoms with E-state index in [4.69, 9.17) is 18.9 Å². The van der Waals surface area contributed by atoms with E-state index in [9.17, 15) is 19.5 Å². The molecule has 2 heterocycles. The molecule has 6 aliphatic rings. The van der Waals surface area contributed by atoms with Crippen LogP contribution < -0.4 is 0 Å². The van der Waals surface area contributed by atoms with Gasteiger partial charge in [-0.2, -0.15) is 0 Å². The van der Waals surface area contributed by atoms with Crippen molar-refractivity contribution in [3.8, 4) is 0 Å². The van der Waals surface area contributed by atoms with Gasteiger partial charge in [-0.25, -0.2) is 4.79 Å². The maximum absolute atomic E-state index is 13.5. The molecule has 2 saturated heterocycles. The summed E-state index contributed by atoms with van der Waals surface area (Å²) in [6.45, 7) is 8.35. The molecule has 8 heteroatoms. The first-order valence-electron chi connectivity index (χ1n) is 13.2. The van der Waals surface area contributed by atoms with E-state index in [0.29, 0.717) is 24.7 Å². The summed E-state index contributed by atoms with van der Waals surface area (Å²) in [6, 6.07) is 0. The van der Waals surface area contributed by atoms with Crippen LogP contribution in [0.1, 0.15) is 59.8 Å². The summed E-state index contributed by atoms with van der Waals surface area (Å²) in [5, 5.41) is 11.0. The Balaban J connectivity index is 1.38. The molecule has 6 unspecified atom stereocenters. The molecular weight excluding hydrogens is 452 g/mol. The van der Waals surface area contributed by atoms with Gasteiger partial charge in [-0.05, 0) is 55.8 Å². The first kappa shape index (κ1) is 23.5. The van der Waals surface area contributed by atoms with Crippen molar-refractivity contribution in [2.45, 2.75) is 84.4 Å². The molecule has 0 amide bonds. The van der Waals surface area contributed by atoms with Gasteiger partial charge in [0.25, 0.3) is 0 Å². The molecule has 4 aliphatic carbocycles. The van der Waals surface area contributed by atoms with Crippen molar-refractivity contribution in [2.75, 3.05) is 6.61 Å². The second kappa shape index (κ2) is 7.54. The number of carbonyl (C=O) groups is 3. The molecule has 6 rings (SSSR count). The van der Waals surface area contributed by atoms with Crippen molar-refractivity contribution in [1.29, 1.82) is 0 Å². The molecule has 11 atom stereocenters. The van der Waals surface area contributed by atoms with Crippen LogP contribution >= 0.6 is 0 Å². The SMILES string of the molecule is CC(C)C1=CC2CC3(C=O)[C@@H]4CC[C@@H](C)[C@H]4CC2(CO[C@H]2CC4OC(=O)OC4[C@@H](C)O2)C13C(=O)O. The van der Waals surface area contributed by atoms with Crippen molar-refractivity contribution in [2.24, 2.45) is 45.8 Å². The van der Waals surface area contributed by atoms with Gasteiger partial charge in [-0.1, -0.05) is 38.8 Å². The molecule has 0 spiro atoms. The van der Waals surface area contributed by atoms with Crippen molar-refractivity contribution in [1.82, 2.24) is 0 Å². The highest BCUT2D eigenvalue weighted by Crippen LogP contribution is 2.82. The quantitative estimate of drug-likeness (QED) is 0.340. The number of aliphatic carboxylic acids is 1. The van der Waals surface area contributed by atoms with Crippen LogP contribution in [0.4, 0.5) is 4.79 Å². The number of fused-ring (bicyclic) bond motifs is 3. The van der Waals surface area contributed by atoms with Crippen LogP contribution in [0.2, 0.25) is 0 Å². The Morgan fingerprint density at radius 3 is 2.71 bits per heavy atom. The molecule has 35 heavy (non-hydrogen) atoms. The van der Waals surface area contributed by atoms with E-state index in [1.165, 1.54) is 0 Å². The van der Waals surface area contributed by atoms with Gasteiger partial charge in [0.15, 0.2) is 12.4 Å². The van der Waals surface area contributed by atoms with Crippen LogP contribution in [0.15, 0.2) is 11.6 Å². The lowest BCUT2D eigenvalue weighted by Gasteiger charge is -2.58. The fraction of sp³-hybridized carbons (Fsp3) is 0.815. The largest absolute Gasteiger partial charge is 0.509 e. The van der Waals surface area contributed by atoms with Crippen LogP contribution in [0.3, 0.4) is 0 Å². The van der Waals surface area contributed by atoms with E-state index in [0.717, 1.165) is 31.1 Å². The van der Waals surface area contributed by atoms with Crippen LogP contribution in [0.25, 0.3) is 0 Å². The molecule has 4 bridgehead atoms. The number of hydrogen-bond acceptors (Lipinski definition) is 7. The summed E-state index contributed by atoms with van der Waals surface area (Å²) < 4.78 is 23.0. The predicted octanol–water partition coefficient (Wildman–Crippen LogP) is 3.97. The minimum Gasteiger partial charge on any atom is -0.481 e. The number of aldehydes is 1. The van der Waals surface area contributed by atoms with Crippen molar-refractivity contribution < 1.29 is 38.4 Å². The first-order chi connectivity index (χ1) is 16.6. The lowest BCUT2D eigenvalue weighted by Crippen LogP contribution is -2.63. The summed E-state index contributed by atoms with van der Waals surface area (Å²) in [7, 11) is 0. The van der Waals surface area contributed by atoms with E-state index in [1.807, 2.05) is 20.8 Å². The number of carboxylic acids is 1. The molecule has 0 aromatic rings. The van der Waals surface area contributed by atoms with Gasteiger partial charge < -0.3 is 28.8 Å². The number of carboxylic acid groups (broad SMARTS) is 1. The standard InChI is InChI=1S/C27H36O8/c1-13(2)19-7-16-9-25(11-28)18-6-5-14(3)17(18)10-26(16,27(19,25)23(29)30)12-32-21-8-20-22(15(4)33-21)35-24(31)34-20/h7,11,13-18,20-22H,5-6,8-10,12H2,1-4H3,(H,29,30)/t14-,15-,16?,17-,18-,20?,21-,22?,25?,26?,27?/m1/s1. The smallest absolute Gasteiger partial charge is 0.481 e. The third kappa shape index (κ3) is 2.68. The molecule has 3 saturated carbocycles. The third-order valence-electron chi connectivity index (χ3n) is 10.7. The van der Waals surface area contributed by atoms with Crippen molar-refractivity contribution >= 4 is 18.4 Å². The van der Waals surface area contributed by atoms with E-state index in [-0.39, 0.29) is 30.5 Å². The molecule has 8 nitrogen and oxygen atoms in total. The second-order valence-electron chi connectivity index (χ2n) is 12.3. The topological polar surface area (TPSA) is 108 Å². The van der Waals surface area contributed by atoms with Crippen LogP contribution in [-0.2, 0) is 28.5 Å². The van der Waals surface area contributed by atoms with Crippen LogP contribution in [0, 0.1) is 45.8 Å². The number of allylic oxidation sites excluding steroid dienone is 1. The minimum absolute atomic E-state index is 0.0206. The lowest BCUT2D eigenvalue weighted by atomic mass is 9.43. The lowest BCUT2D eigenvalue weighted by molar-refractivity contribution is -0.248. The fourth-order valence-electron chi connectivity index (χ4n) is 9.53. The Labute approximate surface area is 205 Å². The molecule has 5 fully saturated rings. The summed E-state index contributed by atoms with van der Waals surface area (Å²) in [5.74, 6) is -0.0455. The van der Waals surface area contributed by atoms with E-state index < -0.39 is 46.9 Å². The average Bonchev–Trinajstić information content (AvgIpc) is 3.49. The maximum Gasteiger partial charge on any atom is 0.509 e. The normalized spacial score (nSPS) is 51.5. The maximum atomic E-state index is 13.5. The summed E-state index contributed by atoms with van der Waals surface area (Å²) in [4.78, 5) is 38.2. The van der Waals surface area contributed by atoms with Gasteiger partial charge in [0.05, 0.1) is 18.1 Å². The van der Waals surface area contributed by atoms with Crippen LogP contribution in [0.5, 0.6) is 0 Å². The highest BCUT2D eigenvalue weighted by Gasteiger charge is 2.84. The number of carbonyl (C=O) groups excluding carboxylic acids is 2. The number of rotatable bonds is 6. The summed E-state index contributed by atoms with van der Waals surface area (Å²) >= 11 is 0. The van der Waals surface area contributed by atoms with Gasteiger partial charge in [0, 0.05) is 11.8 Å². The Morgan fingerprint density at radius 2 is 2.03 bits per heavy atom. The second-order valence-corrected chi connectivity index (χ2v) is 12.3. The number of hydrogen-bond donors (Lipinski definition) is 1. The Bertz CT molecular complexity index is 990. The first-order valence-corrected chi connectivity index (χ1v) is 13.2. The monoisotopic (exact) mass is 488 g/mol. The molecular formula is C27H36O8. The third-order valence-corrected chi connectivity index (χ3v) is 10.7. The van der Waals surface area contributed by atoms with E-state index in [2.05, 4.69) is 13.0 Å². The zero-order chi connectivity index (χ0) is 24.9. The predicted molar refractivity (Wildman–Crippen MR) is 122 cm³/mol. The zero-order valence-electron chi connectivity index (χ0n) is 20.9. The Hall–Kier alpha value is -1.93. The summed E-state index contributed by atoms with van der Waals surface area (Å²) in [6.07, 6.45) is 4.18. The number of ether oxygens (including phenoxy) is 4. The van der Waals surface area contributed by atoms with Gasteiger partial charge >= 0.3 is 12.1 Å². The molecule has 2 aliphatic heterocycles. The van der Waals surface area contributed by atoms with E-state index >= 15 is 0 Å². The van der Waals surface area contributed by atoms with Crippen molar-refractivity contribution in [3.05, 3.63) is 11.6 Å².